The third-order valence-corrected chi connectivity index (χ3v) is 10.2. The predicted molar refractivity (Wildman–Crippen MR) is 131 cm³/mol. The molecule has 9 nitrogen and oxygen atoms in total. The second-order valence-electron chi connectivity index (χ2n) is 12.0. The second-order valence-corrected chi connectivity index (χ2v) is 12.0. The van der Waals surface area contributed by atoms with Crippen molar-refractivity contribution >= 4 is 23.9 Å². The predicted octanol–water partition coefficient (Wildman–Crippen LogP) is 3.49. The summed E-state index contributed by atoms with van der Waals surface area (Å²) in [6, 6.07) is 0. The van der Waals surface area contributed by atoms with E-state index in [1.165, 1.54) is 0 Å². The lowest BCUT2D eigenvalue weighted by Gasteiger charge is -2.61. The number of piperidine rings is 1. The molecule has 9 atom stereocenters. The van der Waals surface area contributed by atoms with Gasteiger partial charge in [0.05, 0.1) is 12.6 Å². The van der Waals surface area contributed by atoms with E-state index in [9.17, 15) is 24.3 Å². The van der Waals surface area contributed by atoms with Crippen molar-refractivity contribution in [2.45, 2.75) is 91.0 Å². The molecule has 36 heavy (non-hydrogen) atoms. The number of hydrogen-bond acceptors (Lipinski definition) is 7. The molecule has 3 saturated carbocycles. The van der Waals surface area contributed by atoms with Gasteiger partial charge < -0.3 is 19.9 Å². The normalized spacial score (nSPS) is 44.4. The molecule has 2 unspecified atom stereocenters. The molecule has 200 valence electrons. The third-order valence-electron chi connectivity index (χ3n) is 10.2. The standard InChI is InChI=1S/C27H40N2O7/c1-6-25(4)13-19(36-24(34)29-23(33)35-17-7-8-20(31)28-14-17)26(5)15(2)9-11-27(16(3)22(25)32)12-10-18(30)21(26)27/h6,15-17,19,21-22,32H,1,7-14H2,2-5H3,(H,28,31)(H,29,33,34)/t15?,16-,17?,19+,21-,22-,25+,26+,27-/m0/s1. The average molecular weight is 505 g/mol. The van der Waals surface area contributed by atoms with Crippen molar-refractivity contribution in [1.82, 2.24) is 10.6 Å². The van der Waals surface area contributed by atoms with Crippen molar-refractivity contribution in [3.8, 4) is 0 Å². The average Bonchev–Trinajstić information content (AvgIpc) is 3.19. The molecule has 3 amide bonds. The second kappa shape index (κ2) is 9.47. The van der Waals surface area contributed by atoms with Crippen LogP contribution in [0.25, 0.3) is 0 Å². The molecule has 4 aliphatic rings. The van der Waals surface area contributed by atoms with Gasteiger partial charge in [-0.3, -0.25) is 9.59 Å². The van der Waals surface area contributed by atoms with Gasteiger partial charge in [-0.15, -0.1) is 6.58 Å². The van der Waals surface area contributed by atoms with E-state index in [0.717, 1.165) is 12.8 Å². The summed E-state index contributed by atoms with van der Waals surface area (Å²) in [5.41, 5.74) is -1.79. The zero-order valence-corrected chi connectivity index (χ0v) is 21.8. The van der Waals surface area contributed by atoms with Gasteiger partial charge in [0, 0.05) is 29.6 Å². The summed E-state index contributed by atoms with van der Waals surface area (Å²) in [4.78, 5) is 50.1. The van der Waals surface area contributed by atoms with Crippen LogP contribution in [-0.4, -0.2) is 53.8 Å². The van der Waals surface area contributed by atoms with Crippen molar-refractivity contribution in [1.29, 1.82) is 0 Å². The van der Waals surface area contributed by atoms with Gasteiger partial charge in [-0.1, -0.05) is 33.8 Å². The number of rotatable bonds is 3. The summed E-state index contributed by atoms with van der Waals surface area (Å²) in [5, 5.41) is 16.3. The van der Waals surface area contributed by atoms with E-state index < -0.39 is 41.3 Å². The van der Waals surface area contributed by atoms with Crippen LogP contribution in [0, 0.1) is 34.0 Å². The summed E-state index contributed by atoms with van der Waals surface area (Å²) in [6.07, 6.45) is 1.60. The number of aliphatic hydroxyl groups is 1. The number of imide groups is 1. The third kappa shape index (κ3) is 4.23. The molecule has 0 aromatic heterocycles. The van der Waals surface area contributed by atoms with Crippen LogP contribution in [0.15, 0.2) is 12.7 Å². The SMILES string of the molecule is C=C[C@]1(C)C[C@@H](OC(=O)NC(=O)OC2CCC(=O)NC2)[C@@]2(C)C(C)CC[C@]3(CCC(=O)[C@H]32)[C@@H](C)[C@@H]1O. The minimum Gasteiger partial charge on any atom is -0.445 e. The topological polar surface area (TPSA) is 131 Å². The van der Waals surface area contributed by atoms with Crippen molar-refractivity contribution in [2.24, 2.45) is 34.0 Å². The number of ketones is 1. The molecule has 0 aromatic rings. The van der Waals surface area contributed by atoms with Crippen LogP contribution < -0.4 is 10.6 Å². The fourth-order valence-corrected chi connectivity index (χ4v) is 7.74. The fourth-order valence-electron chi connectivity index (χ4n) is 7.74. The molecule has 4 fully saturated rings. The summed E-state index contributed by atoms with van der Waals surface area (Å²) >= 11 is 0. The Bertz CT molecular complexity index is 942. The lowest BCUT2D eigenvalue weighted by molar-refractivity contribution is -0.191. The Morgan fingerprint density at radius 1 is 1.11 bits per heavy atom. The van der Waals surface area contributed by atoms with E-state index >= 15 is 0 Å². The Hall–Kier alpha value is -2.42. The molecule has 1 saturated heterocycles. The molecule has 1 heterocycles. The molecule has 0 radical (unpaired) electrons. The van der Waals surface area contributed by atoms with Crippen LogP contribution in [-0.2, 0) is 19.1 Å². The molecule has 0 spiro atoms. The van der Waals surface area contributed by atoms with Crippen LogP contribution in [0.1, 0.15) is 72.6 Å². The highest BCUT2D eigenvalue weighted by Crippen LogP contribution is 2.67. The Morgan fingerprint density at radius 3 is 2.44 bits per heavy atom. The summed E-state index contributed by atoms with van der Waals surface area (Å²) in [7, 11) is 0. The Labute approximate surface area is 212 Å². The molecule has 0 aromatic carbocycles. The number of carbonyl (C=O) groups excluding carboxylic acids is 4. The largest absolute Gasteiger partial charge is 0.445 e. The number of aliphatic hydroxyl groups excluding tert-OH is 1. The maximum atomic E-state index is 13.4. The van der Waals surface area contributed by atoms with E-state index in [2.05, 4.69) is 24.1 Å². The summed E-state index contributed by atoms with van der Waals surface area (Å²) in [5.74, 6) is -0.316. The van der Waals surface area contributed by atoms with Crippen LogP contribution in [0.5, 0.6) is 0 Å². The number of nitrogens with one attached hydrogen (secondary N) is 2. The first-order valence-corrected chi connectivity index (χ1v) is 13.2. The van der Waals surface area contributed by atoms with Gasteiger partial charge in [0.15, 0.2) is 0 Å². The zero-order valence-electron chi connectivity index (χ0n) is 21.8. The smallest absolute Gasteiger partial charge is 0.416 e. The maximum absolute atomic E-state index is 13.4. The minimum absolute atomic E-state index is 0.0878. The number of hydrogen-bond donors (Lipinski definition) is 3. The van der Waals surface area contributed by atoms with Gasteiger partial charge in [0.25, 0.3) is 0 Å². The molecule has 4 rings (SSSR count). The lowest BCUT2D eigenvalue weighted by Crippen LogP contribution is -2.63. The molecular weight excluding hydrogens is 464 g/mol. The van der Waals surface area contributed by atoms with Crippen molar-refractivity contribution < 1.29 is 33.8 Å². The fraction of sp³-hybridized carbons (Fsp3) is 0.778. The first-order valence-electron chi connectivity index (χ1n) is 13.2. The Kier molecular flexibility index (Phi) is 7.01. The number of carbonyl (C=O) groups is 4. The number of amides is 3. The van der Waals surface area contributed by atoms with E-state index in [0.29, 0.717) is 19.3 Å². The highest BCUT2D eigenvalue weighted by Gasteiger charge is 2.68. The molecule has 2 bridgehead atoms. The number of alkyl carbamates (subject to hydrolysis) is 2. The first-order chi connectivity index (χ1) is 16.9. The van der Waals surface area contributed by atoms with E-state index in [1.807, 2.05) is 20.8 Å². The number of Topliss-reactive ketones (excluding diaryl/α,β-unsaturated/α-hetero) is 1. The summed E-state index contributed by atoms with van der Waals surface area (Å²) in [6.45, 7) is 12.3. The van der Waals surface area contributed by atoms with E-state index in [4.69, 9.17) is 9.47 Å². The van der Waals surface area contributed by atoms with Gasteiger partial charge in [-0.05, 0) is 49.4 Å². The molecule has 3 N–H and O–H groups in total. The van der Waals surface area contributed by atoms with Crippen LogP contribution in [0.3, 0.4) is 0 Å². The molecule has 9 heteroatoms. The van der Waals surface area contributed by atoms with Crippen LogP contribution in [0.2, 0.25) is 0 Å². The Balaban J connectivity index is 1.60. The van der Waals surface area contributed by atoms with Gasteiger partial charge in [0.1, 0.15) is 18.0 Å². The van der Waals surface area contributed by atoms with Gasteiger partial charge in [0.2, 0.25) is 5.91 Å². The quantitative estimate of drug-likeness (QED) is 0.502. The van der Waals surface area contributed by atoms with Crippen molar-refractivity contribution in [2.75, 3.05) is 6.54 Å². The van der Waals surface area contributed by atoms with Gasteiger partial charge in [-0.2, -0.15) is 0 Å². The molecular formula is C27H40N2O7. The minimum atomic E-state index is -0.950. The first kappa shape index (κ1) is 26.6. The number of ether oxygens (including phenoxy) is 2. The molecule has 3 aliphatic carbocycles. The highest BCUT2D eigenvalue weighted by atomic mass is 16.6. The van der Waals surface area contributed by atoms with E-state index in [1.54, 1.807) is 6.08 Å². The summed E-state index contributed by atoms with van der Waals surface area (Å²) < 4.78 is 11.2. The van der Waals surface area contributed by atoms with Gasteiger partial charge in [-0.25, -0.2) is 14.9 Å². The molecule has 1 aliphatic heterocycles. The van der Waals surface area contributed by atoms with Crippen molar-refractivity contribution in [3.05, 3.63) is 12.7 Å². The highest BCUT2D eigenvalue weighted by molar-refractivity contribution is 5.88. The van der Waals surface area contributed by atoms with E-state index in [-0.39, 0.29) is 54.2 Å². The van der Waals surface area contributed by atoms with Gasteiger partial charge >= 0.3 is 12.2 Å². The zero-order chi connectivity index (χ0) is 26.5. The Morgan fingerprint density at radius 2 is 1.81 bits per heavy atom. The monoisotopic (exact) mass is 504 g/mol. The lowest BCUT2D eigenvalue weighted by atomic mass is 9.44. The van der Waals surface area contributed by atoms with Crippen LogP contribution >= 0.6 is 0 Å². The maximum Gasteiger partial charge on any atom is 0.416 e. The van der Waals surface area contributed by atoms with Crippen LogP contribution in [0.4, 0.5) is 9.59 Å². The van der Waals surface area contributed by atoms with Crippen molar-refractivity contribution in [3.63, 3.8) is 0 Å².